The Morgan fingerprint density at radius 2 is 1.73 bits per heavy atom. The summed E-state index contributed by atoms with van der Waals surface area (Å²) >= 11 is 1.78. The number of carbonyl (C=O) groups is 1. The van der Waals surface area contributed by atoms with Crippen molar-refractivity contribution in [2.24, 2.45) is 0 Å². The minimum Gasteiger partial charge on any atom is -0.492 e. The van der Waals surface area contributed by atoms with Crippen molar-refractivity contribution in [3.05, 3.63) is 65.7 Å². The topological polar surface area (TPSA) is 38.3 Å². The maximum absolute atomic E-state index is 11.8. The highest BCUT2D eigenvalue weighted by atomic mass is 32.2. The van der Waals surface area contributed by atoms with Gasteiger partial charge in [0.2, 0.25) is 5.91 Å². The third kappa shape index (κ3) is 7.52. The summed E-state index contributed by atoms with van der Waals surface area (Å²) in [5.41, 5.74) is 2.72. The number of amides is 1. The summed E-state index contributed by atoms with van der Waals surface area (Å²) in [5, 5.41) is 2.91. The third-order valence-corrected chi connectivity index (χ3v) is 5.03. The van der Waals surface area contributed by atoms with E-state index < -0.39 is 0 Å². The van der Waals surface area contributed by atoms with Crippen LogP contribution in [0.15, 0.2) is 54.6 Å². The molecule has 0 heterocycles. The fraction of sp³-hybridized carbons (Fsp3) is 0.409. The van der Waals surface area contributed by atoms with Gasteiger partial charge in [-0.05, 0) is 28.7 Å². The van der Waals surface area contributed by atoms with E-state index in [1.54, 1.807) is 11.8 Å². The Morgan fingerprint density at radius 1 is 1.04 bits per heavy atom. The zero-order chi connectivity index (χ0) is 18.8. The molecule has 0 fully saturated rings. The first kappa shape index (κ1) is 20.4. The van der Waals surface area contributed by atoms with Crippen molar-refractivity contribution in [2.45, 2.75) is 38.4 Å². The number of benzene rings is 2. The fourth-order valence-corrected chi connectivity index (χ4v) is 3.33. The van der Waals surface area contributed by atoms with Crippen LogP contribution in [0.25, 0.3) is 0 Å². The van der Waals surface area contributed by atoms with Crippen molar-refractivity contribution in [1.82, 2.24) is 5.32 Å². The molecular formula is C22H29NO2S. The van der Waals surface area contributed by atoms with Crippen LogP contribution in [0.1, 0.15) is 38.3 Å². The minimum atomic E-state index is 0.0808. The Morgan fingerprint density at radius 3 is 2.38 bits per heavy atom. The van der Waals surface area contributed by atoms with Gasteiger partial charge in [0.05, 0.1) is 6.54 Å². The summed E-state index contributed by atoms with van der Waals surface area (Å²) in [4.78, 5) is 11.8. The van der Waals surface area contributed by atoms with E-state index in [0.717, 1.165) is 17.3 Å². The summed E-state index contributed by atoms with van der Waals surface area (Å²) < 4.78 is 5.69. The minimum absolute atomic E-state index is 0.0808. The predicted molar refractivity (Wildman–Crippen MR) is 111 cm³/mol. The Balaban J connectivity index is 1.55. The average molecular weight is 372 g/mol. The number of carbonyl (C=O) groups excluding carboxylic acids is 1. The van der Waals surface area contributed by atoms with Gasteiger partial charge in [-0.15, -0.1) is 0 Å². The van der Waals surface area contributed by atoms with E-state index in [1.807, 2.05) is 30.3 Å². The second-order valence-electron chi connectivity index (χ2n) is 7.26. The van der Waals surface area contributed by atoms with Gasteiger partial charge in [-0.2, -0.15) is 11.8 Å². The number of hydrogen-bond acceptors (Lipinski definition) is 3. The Labute approximate surface area is 161 Å². The van der Waals surface area contributed by atoms with Gasteiger partial charge in [-0.1, -0.05) is 63.2 Å². The van der Waals surface area contributed by atoms with Gasteiger partial charge < -0.3 is 10.1 Å². The summed E-state index contributed by atoms with van der Waals surface area (Å²) in [7, 11) is 0. The normalized spacial score (nSPS) is 11.2. The van der Waals surface area contributed by atoms with E-state index in [-0.39, 0.29) is 11.3 Å². The highest BCUT2D eigenvalue weighted by Gasteiger charge is 2.12. The summed E-state index contributed by atoms with van der Waals surface area (Å²) in [6, 6.07) is 18.5. The van der Waals surface area contributed by atoms with Crippen LogP contribution in [0.5, 0.6) is 5.75 Å². The largest absolute Gasteiger partial charge is 0.492 e. The smallest absolute Gasteiger partial charge is 0.220 e. The molecule has 1 N–H and O–H groups in total. The van der Waals surface area contributed by atoms with Gasteiger partial charge in [0.25, 0.3) is 0 Å². The standard InChI is InChI=1S/C22H29NO2S/c1-22(2,3)19-9-11-20(12-10-19)25-15-14-23-21(24)13-16-26-17-18-7-5-4-6-8-18/h4-12H,13-17H2,1-3H3,(H,23,24). The van der Waals surface area contributed by atoms with Crippen LogP contribution in [0.2, 0.25) is 0 Å². The van der Waals surface area contributed by atoms with Crippen LogP contribution in [-0.4, -0.2) is 24.8 Å². The maximum Gasteiger partial charge on any atom is 0.220 e. The zero-order valence-corrected chi connectivity index (χ0v) is 16.8. The van der Waals surface area contributed by atoms with Gasteiger partial charge >= 0.3 is 0 Å². The zero-order valence-electron chi connectivity index (χ0n) is 16.0. The highest BCUT2D eigenvalue weighted by Crippen LogP contribution is 2.24. The Kier molecular flexibility index (Phi) is 8.05. The summed E-state index contributed by atoms with van der Waals surface area (Å²) in [6.07, 6.45) is 0.539. The molecule has 3 nitrogen and oxygen atoms in total. The van der Waals surface area contributed by atoms with Crippen molar-refractivity contribution in [3.63, 3.8) is 0 Å². The number of nitrogens with one attached hydrogen (secondary N) is 1. The summed E-state index contributed by atoms with van der Waals surface area (Å²) in [5.74, 6) is 2.69. The molecule has 0 saturated carbocycles. The first-order chi connectivity index (χ1) is 12.4. The maximum atomic E-state index is 11.8. The predicted octanol–water partition coefficient (Wildman–Crippen LogP) is 4.80. The molecule has 2 aromatic carbocycles. The van der Waals surface area contributed by atoms with E-state index in [0.29, 0.717) is 19.6 Å². The molecule has 0 spiro atoms. The second kappa shape index (κ2) is 10.3. The van der Waals surface area contributed by atoms with Crippen LogP contribution in [-0.2, 0) is 16.0 Å². The number of thioether (sulfide) groups is 1. The van der Waals surface area contributed by atoms with E-state index in [4.69, 9.17) is 4.74 Å². The molecule has 0 radical (unpaired) electrons. The van der Waals surface area contributed by atoms with E-state index in [2.05, 4.69) is 50.4 Å². The van der Waals surface area contributed by atoms with Gasteiger partial charge in [0, 0.05) is 17.9 Å². The average Bonchev–Trinajstić information content (AvgIpc) is 2.63. The number of rotatable bonds is 9. The molecule has 0 bridgehead atoms. The van der Waals surface area contributed by atoms with Crippen LogP contribution in [0, 0.1) is 0 Å². The molecule has 0 saturated heterocycles. The quantitative estimate of drug-likeness (QED) is 0.643. The van der Waals surface area contributed by atoms with Crippen molar-refractivity contribution < 1.29 is 9.53 Å². The molecule has 0 aliphatic rings. The molecule has 0 aliphatic carbocycles. The second-order valence-corrected chi connectivity index (χ2v) is 8.37. The SMILES string of the molecule is CC(C)(C)c1ccc(OCCNC(=O)CCSCc2ccccc2)cc1. The molecule has 4 heteroatoms. The molecule has 26 heavy (non-hydrogen) atoms. The van der Waals surface area contributed by atoms with E-state index >= 15 is 0 Å². The monoisotopic (exact) mass is 371 g/mol. The number of ether oxygens (including phenoxy) is 1. The Hall–Kier alpha value is -1.94. The molecule has 1 amide bonds. The fourth-order valence-electron chi connectivity index (χ4n) is 2.43. The van der Waals surface area contributed by atoms with Crippen LogP contribution < -0.4 is 10.1 Å². The van der Waals surface area contributed by atoms with Gasteiger partial charge in [-0.3, -0.25) is 4.79 Å². The number of hydrogen-bond donors (Lipinski definition) is 1. The molecule has 0 unspecified atom stereocenters. The lowest BCUT2D eigenvalue weighted by atomic mass is 9.87. The molecule has 2 rings (SSSR count). The lowest BCUT2D eigenvalue weighted by Crippen LogP contribution is -2.28. The molecule has 0 aromatic heterocycles. The lowest BCUT2D eigenvalue weighted by Gasteiger charge is -2.19. The first-order valence-corrected chi connectivity index (χ1v) is 10.2. The molecule has 0 atom stereocenters. The van der Waals surface area contributed by atoms with E-state index in [1.165, 1.54) is 11.1 Å². The van der Waals surface area contributed by atoms with Crippen LogP contribution in [0.4, 0.5) is 0 Å². The highest BCUT2D eigenvalue weighted by molar-refractivity contribution is 7.98. The van der Waals surface area contributed by atoms with Gasteiger partial charge in [-0.25, -0.2) is 0 Å². The van der Waals surface area contributed by atoms with Crippen LogP contribution >= 0.6 is 11.8 Å². The van der Waals surface area contributed by atoms with Gasteiger partial charge in [0.15, 0.2) is 0 Å². The molecule has 140 valence electrons. The van der Waals surface area contributed by atoms with Crippen molar-refractivity contribution in [2.75, 3.05) is 18.9 Å². The van der Waals surface area contributed by atoms with Gasteiger partial charge in [0.1, 0.15) is 12.4 Å². The Bertz CT molecular complexity index is 663. The van der Waals surface area contributed by atoms with Crippen molar-refractivity contribution in [3.8, 4) is 5.75 Å². The molecule has 0 aliphatic heterocycles. The molecular weight excluding hydrogens is 342 g/mol. The summed E-state index contributed by atoms with van der Waals surface area (Å²) in [6.45, 7) is 7.59. The van der Waals surface area contributed by atoms with E-state index in [9.17, 15) is 4.79 Å². The first-order valence-electron chi connectivity index (χ1n) is 9.07. The van der Waals surface area contributed by atoms with Crippen molar-refractivity contribution in [1.29, 1.82) is 0 Å². The van der Waals surface area contributed by atoms with Crippen LogP contribution in [0.3, 0.4) is 0 Å². The molecule has 2 aromatic rings. The lowest BCUT2D eigenvalue weighted by molar-refractivity contribution is -0.120. The van der Waals surface area contributed by atoms with Crippen molar-refractivity contribution >= 4 is 17.7 Å². The third-order valence-electron chi connectivity index (χ3n) is 4.00.